The van der Waals surface area contributed by atoms with E-state index >= 15 is 0 Å². The highest BCUT2D eigenvalue weighted by Crippen LogP contribution is 2.32. The van der Waals surface area contributed by atoms with Crippen molar-refractivity contribution in [1.82, 2.24) is 0 Å². The van der Waals surface area contributed by atoms with Crippen molar-refractivity contribution in [2.75, 3.05) is 17.3 Å². The molecule has 338 valence electrons. The van der Waals surface area contributed by atoms with Crippen molar-refractivity contribution in [2.24, 2.45) is 9.98 Å². The van der Waals surface area contributed by atoms with E-state index in [-0.39, 0.29) is 38.3 Å². The Labute approximate surface area is 393 Å². The number of nitrogens with one attached hydrogen (secondary N) is 1. The number of anilines is 2. The number of hydrogen-bond acceptors (Lipinski definition) is 4. The fourth-order valence-corrected chi connectivity index (χ4v) is 8.63. The number of benzodiazepines with no additional fused rings is 2. The Kier molecular flexibility index (Phi) is 17.2. The Morgan fingerprint density at radius 1 is 0.554 bits per heavy atom. The second-order valence-corrected chi connectivity index (χ2v) is 16.6. The molecule has 0 saturated carbocycles. The average molecular weight is 916 g/mol. The minimum absolute atomic E-state index is 0. The molecule has 2 atom stereocenters. The Bertz CT molecular complexity index is 2710. The minimum Gasteiger partial charge on any atom is -0.324 e. The number of halogens is 4. The first-order valence-electron chi connectivity index (χ1n) is 21.5. The lowest BCUT2D eigenvalue weighted by Crippen LogP contribution is -2.36. The number of nitrogens with zero attached hydrogens (tertiary/aromatic N) is 3. The average Bonchev–Trinajstić information content (AvgIpc) is 3.48. The maximum atomic E-state index is 13.6. The van der Waals surface area contributed by atoms with Gasteiger partial charge in [0.25, 0.3) is 5.91 Å². The molecule has 10 heteroatoms. The van der Waals surface area contributed by atoms with Gasteiger partial charge in [0.2, 0.25) is 5.91 Å². The number of aryl methyl sites for hydroxylation is 4. The number of likely N-dealkylation sites (N-methyl/N-ethyl adjacent to an activating group) is 1. The Balaban J connectivity index is 0.000000237. The predicted molar refractivity (Wildman–Crippen MR) is 268 cm³/mol. The number of benzene rings is 6. The third kappa shape index (κ3) is 11.5. The van der Waals surface area contributed by atoms with Gasteiger partial charge in [-0.15, -0.1) is 0 Å². The van der Waals surface area contributed by atoms with Crippen LogP contribution in [0, 0.1) is 11.6 Å². The van der Waals surface area contributed by atoms with Crippen molar-refractivity contribution in [2.45, 2.75) is 93.2 Å². The van der Waals surface area contributed by atoms with Crippen LogP contribution in [0.5, 0.6) is 0 Å². The van der Waals surface area contributed by atoms with Gasteiger partial charge in [0, 0.05) is 52.2 Å². The molecule has 2 unspecified atom stereocenters. The maximum Gasteiger partial charge on any atom is 0.251 e. The van der Waals surface area contributed by atoms with Gasteiger partial charge in [-0.3, -0.25) is 19.6 Å². The summed E-state index contributed by atoms with van der Waals surface area (Å²) in [5, 5.41) is 4.10. The molecule has 1 N–H and O–H groups in total. The molecule has 6 aromatic rings. The lowest BCUT2D eigenvalue weighted by atomic mass is 9.96. The molecular formula is C55H58Cl2F2N4O2. The molecule has 2 aliphatic heterocycles. The van der Waals surface area contributed by atoms with Gasteiger partial charge in [0.1, 0.15) is 23.7 Å². The third-order valence-electron chi connectivity index (χ3n) is 11.7. The van der Waals surface area contributed by atoms with Crippen LogP contribution in [-0.2, 0) is 48.1 Å². The molecule has 0 aromatic heterocycles. The van der Waals surface area contributed by atoms with Crippen LogP contribution in [0.15, 0.2) is 131 Å². The number of amides is 2. The second-order valence-electron chi connectivity index (χ2n) is 15.8. The zero-order valence-electron chi connectivity index (χ0n) is 36.1. The summed E-state index contributed by atoms with van der Waals surface area (Å²) in [6.07, 6.45) is 4.83. The number of carbonyl (C=O) groups is 2. The summed E-state index contributed by atoms with van der Waals surface area (Å²) in [6, 6.07) is 34.7. The number of rotatable bonds is 10. The highest BCUT2D eigenvalue weighted by molar-refractivity contribution is 6.32. The first kappa shape index (κ1) is 50.0. The van der Waals surface area contributed by atoms with Gasteiger partial charge < -0.3 is 10.2 Å². The molecule has 0 fully saturated rings. The number of fused-ring (bicyclic) bond motifs is 2. The van der Waals surface area contributed by atoms with Crippen molar-refractivity contribution >= 4 is 57.8 Å². The van der Waals surface area contributed by atoms with E-state index in [2.05, 4.69) is 69.4 Å². The Morgan fingerprint density at radius 3 is 1.51 bits per heavy atom. The SMILES string of the molecule is C.C.CCc1ccc(CC2N=C(c3ccc(F)cc3)c3cc(Cl)ccc3N(C)C2=O)cc1CC.CCc1ccc(CC2N=C(c3ccc(F)cc3)c3cc(Cl)ccc3NC2=O)cc1CC. The van der Waals surface area contributed by atoms with E-state index in [0.29, 0.717) is 40.0 Å². The van der Waals surface area contributed by atoms with E-state index in [4.69, 9.17) is 33.2 Å². The first-order valence-corrected chi connectivity index (χ1v) is 22.2. The molecule has 0 spiro atoms. The summed E-state index contributed by atoms with van der Waals surface area (Å²) in [5.74, 6) is -0.887. The fourth-order valence-electron chi connectivity index (χ4n) is 8.29. The van der Waals surface area contributed by atoms with Crippen LogP contribution >= 0.6 is 23.2 Å². The number of carbonyl (C=O) groups excluding carboxylic acids is 2. The first-order chi connectivity index (χ1) is 30.4. The highest BCUT2D eigenvalue weighted by Gasteiger charge is 2.31. The maximum absolute atomic E-state index is 13.6. The molecule has 2 heterocycles. The van der Waals surface area contributed by atoms with Crippen LogP contribution in [0.3, 0.4) is 0 Å². The topological polar surface area (TPSA) is 74.1 Å². The van der Waals surface area contributed by atoms with Gasteiger partial charge in [-0.25, -0.2) is 8.78 Å². The quantitative estimate of drug-likeness (QED) is 0.149. The lowest BCUT2D eigenvalue weighted by molar-refractivity contribution is -0.119. The molecular weight excluding hydrogens is 858 g/mol. The zero-order valence-corrected chi connectivity index (χ0v) is 37.6. The molecule has 2 amide bonds. The molecule has 0 bridgehead atoms. The van der Waals surface area contributed by atoms with E-state index in [1.165, 1.54) is 46.5 Å². The van der Waals surface area contributed by atoms with Gasteiger partial charge in [0.05, 0.1) is 22.8 Å². The van der Waals surface area contributed by atoms with Crippen molar-refractivity contribution in [1.29, 1.82) is 0 Å². The smallest absolute Gasteiger partial charge is 0.251 e. The van der Waals surface area contributed by atoms with Crippen LogP contribution in [0.1, 0.15) is 98.2 Å². The van der Waals surface area contributed by atoms with Gasteiger partial charge in [-0.05, 0) is 144 Å². The largest absolute Gasteiger partial charge is 0.324 e. The van der Waals surface area contributed by atoms with Crippen LogP contribution in [0.2, 0.25) is 10.0 Å². The van der Waals surface area contributed by atoms with Gasteiger partial charge in [-0.1, -0.05) is 102 Å². The molecule has 6 aromatic carbocycles. The highest BCUT2D eigenvalue weighted by atomic mass is 35.5. The van der Waals surface area contributed by atoms with Crippen molar-refractivity contribution < 1.29 is 18.4 Å². The van der Waals surface area contributed by atoms with Crippen LogP contribution in [-0.4, -0.2) is 42.4 Å². The Hall–Kier alpha value is -5.96. The molecule has 0 aliphatic carbocycles. The third-order valence-corrected chi connectivity index (χ3v) is 12.2. The van der Waals surface area contributed by atoms with E-state index < -0.39 is 12.1 Å². The van der Waals surface area contributed by atoms with Gasteiger partial charge in [-0.2, -0.15) is 0 Å². The van der Waals surface area contributed by atoms with Crippen LogP contribution in [0.4, 0.5) is 20.2 Å². The van der Waals surface area contributed by atoms with E-state index in [1.54, 1.807) is 60.5 Å². The minimum atomic E-state index is -0.608. The van der Waals surface area contributed by atoms with E-state index in [0.717, 1.165) is 64.8 Å². The summed E-state index contributed by atoms with van der Waals surface area (Å²) in [7, 11) is 1.77. The Morgan fingerprint density at radius 2 is 1.00 bits per heavy atom. The van der Waals surface area contributed by atoms with Gasteiger partial charge in [0.15, 0.2) is 0 Å². The van der Waals surface area contributed by atoms with Crippen LogP contribution < -0.4 is 10.2 Å². The normalized spacial score (nSPS) is 15.3. The second kappa shape index (κ2) is 22.3. The van der Waals surface area contributed by atoms with Crippen molar-refractivity contribution in [3.63, 3.8) is 0 Å². The van der Waals surface area contributed by atoms with Crippen molar-refractivity contribution in [3.8, 4) is 0 Å². The standard InChI is InChI=1S/C27H26ClFN2O.C26H24ClFN2O.2CH4/c1-4-18-7-6-17(14-19(18)5-2)15-24-27(32)31(3)25-13-10-21(28)16-23(25)26(30-24)20-8-11-22(29)12-9-20;1-3-17-6-5-16(13-18(17)4-2)14-24-26(31)30-23-12-9-20(27)15-22(23)25(29-24)19-7-10-21(28)11-8-19;;/h6-14,16,24H,4-5,15H2,1-3H3;5-13,15,24H,3-4,14H2,1-2H3,(H,30,31);2*1H4. The van der Waals surface area contributed by atoms with Gasteiger partial charge >= 0.3 is 0 Å². The number of hydrogen-bond donors (Lipinski definition) is 1. The summed E-state index contributed by atoms with van der Waals surface area (Å²) < 4.78 is 27.1. The molecule has 0 radical (unpaired) electrons. The molecule has 0 saturated heterocycles. The molecule has 6 nitrogen and oxygen atoms in total. The summed E-state index contributed by atoms with van der Waals surface area (Å²) >= 11 is 12.5. The molecule has 8 rings (SSSR count). The van der Waals surface area contributed by atoms with E-state index in [1.807, 2.05) is 12.1 Å². The molecule has 65 heavy (non-hydrogen) atoms. The number of aliphatic imine (C=N–C) groups is 2. The zero-order chi connectivity index (χ0) is 44.8. The van der Waals surface area contributed by atoms with Crippen LogP contribution in [0.25, 0.3) is 0 Å². The molecule has 2 aliphatic rings. The van der Waals surface area contributed by atoms with E-state index in [9.17, 15) is 18.4 Å². The fraction of sp³-hybridized carbons (Fsp3) is 0.273. The lowest BCUT2D eigenvalue weighted by Gasteiger charge is -2.21. The summed E-state index contributed by atoms with van der Waals surface area (Å²) in [6.45, 7) is 8.59. The summed E-state index contributed by atoms with van der Waals surface area (Å²) in [4.78, 5) is 37.9. The van der Waals surface area contributed by atoms with Crippen molar-refractivity contribution in [3.05, 3.63) is 199 Å². The summed E-state index contributed by atoms with van der Waals surface area (Å²) in [5.41, 5.74) is 13.0. The monoisotopic (exact) mass is 914 g/mol. The predicted octanol–water partition coefficient (Wildman–Crippen LogP) is 13.3.